The molecule has 0 aliphatic rings. The Bertz CT molecular complexity index is 1220. The number of amides is 1. The molecule has 3 aromatic heterocycles. The summed E-state index contributed by atoms with van der Waals surface area (Å²) in [4.78, 5) is 25.5. The predicted molar refractivity (Wildman–Crippen MR) is 110 cm³/mol. The van der Waals surface area contributed by atoms with E-state index >= 15 is 0 Å². The van der Waals surface area contributed by atoms with Crippen molar-refractivity contribution < 1.29 is 9.90 Å². The minimum absolute atomic E-state index is 0.0757. The van der Waals surface area contributed by atoms with Gasteiger partial charge in [0.15, 0.2) is 5.65 Å². The first kappa shape index (κ1) is 18.4. The highest BCUT2D eigenvalue weighted by Gasteiger charge is 2.23. The van der Waals surface area contributed by atoms with Gasteiger partial charge in [-0.15, -0.1) is 0 Å². The van der Waals surface area contributed by atoms with Gasteiger partial charge in [-0.3, -0.25) is 19.3 Å². The van der Waals surface area contributed by atoms with Gasteiger partial charge in [0.2, 0.25) is 0 Å². The van der Waals surface area contributed by atoms with Crippen LogP contribution < -0.4 is 11.5 Å². The Balaban J connectivity index is 1.86. The third-order valence-corrected chi connectivity index (χ3v) is 4.79. The van der Waals surface area contributed by atoms with Crippen molar-refractivity contribution in [2.75, 3.05) is 5.73 Å². The molecule has 0 fully saturated rings. The smallest absolute Gasteiger partial charge is 0.254 e. The van der Waals surface area contributed by atoms with Crippen LogP contribution in [-0.2, 0) is 12.8 Å². The summed E-state index contributed by atoms with van der Waals surface area (Å²) >= 11 is 0. The van der Waals surface area contributed by atoms with Crippen LogP contribution >= 0.6 is 0 Å². The number of rotatable bonds is 5. The molecule has 1 aromatic carbocycles. The van der Waals surface area contributed by atoms with Crippen LogP contribution in [0.4, 0.5) is 5.82 Å². The number of primary amides is 1. The van der Waals surface area contributed by atoms with Crippen molar-refractivity contribution in [1.82, 2.24) is 19.5 Å². The Morgan fingerprint density at radius 3 is 2.66 bits per heavy atom. The van der Waals surface area contributed by atoms with E-state index in [1.807, 2.05) is 25.1 Å². The molecule has 29 heavy (non-hydrogen) atoms. The maximum absolute atomic E-state index is 12.0. The van der Waals surface area contributed by atoms with E-state index < -0.39 is 5.91 Å². The Labute approximate surface area is 166 Å². The van der Waals surface area contributed by atoms with Gasteiger partial charge >= 0.3 is 0 Å². The number of phenols is 1. The van der Waals surface area contributed by atoms with E-state index in [9.17, 15) is 9.90 Å². The quantitative estimate of drug-likeness (QED) is 0.480. The molecule has 0 spiro atoms. The van der Waals surface area contributed by atoms with Gasteiger partial charge in [0.05, 0.1) is 11.4 Å². The number of aryl methyl sites for hydroxylation is 3. The summed E-state index contributed by atoms with van der Waals surface area (Å²) in [6.07, 6.45) is 4.69. The van der Waals surface area contributed by atoms with Crippen molar-refractivity contribution in [2.45, 2.75) is 19.8 Å². The number of hydrogen-bond acceptors (Lipinski definition) is 6. The molecule has 0 aliphatic heterocycles. The monoisotopic (exact) mass is 388 g/mol. The maximum Gasteiger partial charge on any atom is 0.254 e. The number of carbonyl (C=O) groups is 1. The average molecular weight is 388 g/mol. The number of nitrogen functional groups attached to an aromatic ring is 1. The van der Waals surface area contributed by atoms with E-state index in [2.05, 4.69) is 9.97 Å². The van der Waals surface area contributed by atoms with E-state index in [1.54, 1.807) is 35.2 Å². The third kappa shape index (κ3) is 3.36. The first-order valence-corrected chi connectivity index (χ1v) is 9.11. The number of benzene rings is 1. The standard InChI is InChI=1S/C21H20N6O2/c1-12-5-8-15(28)10-16(12)27-19(22)17(20(23)29)18-21(27)26-14(11-25-18)7-6-13-4-2-3-9-24-13/h2-5,8-11,28H,6-7,22H2,1H3,(H2,23,29). The van der Waals surface area contributed by atoms with Crippen molar-refractivity contribution >= 4 is 22.9 Å². The Hall–Kier alpha value is -3.94. The molecule has 0 aliphatic carbocycles. The van der Waals surface area contributed by atoms with Crippen molar-refractivity contribution in [3.63, 3.8) is 0 Å². The lowest BCUT2D eigenvalue weighted by Gasteiger charge is -2.11. The molecule has 0 radical (unpaired) electrons. The van der Waals surface area contributed by atoms with E-state index in [0.717, 1.165) is 17.0 Å². The van der Waals surface area contributed by atoms with Gasteiger partial charge in [-0.05, 0) is 43.5 Å². The van der Waals surface area contributed by atoms with Gasteiger partial charge < -0.3 is 16.6 Å². The van der Waals surface area contributed by atoms with E-state index in [4.69, 9.17) is 16.5 Å². The van der Waals surface area contributed by atoms with Gasteiger partial charge in [-0.2, -0.15) is 0 Å². The number of pyridine rings is 1. The molecule has 0 saturated carbocycles. The fraction of sp³-hybridized carbons (Fsp3) is 0.143. The van der Waals surface area contributed by atoms with Crippen molar-refractivity contribution in [1.29, 1.82) is 0 Å². The van der Waals surface area contributed by atoms with Crippen molar-refractivity contribution in [3.8, 4) is 11.4 Å². The van der Waals surface area contributed by atoms with Crippen molar-refractivity contribution in [2.24, 2.45) is 5.73 Å². The summed E-state index contributed by atoms with van der Waals surface area (Å²) in [5.41, 5.74) is 15.8. The fourth-order valence-corrected chi connectivity index (χ4v) is 3.34. The van der Waals surface area contributed by atoms with Crippen LogP contribution in [0.25, 0.3) is 16.9 Å². The number of aromatic nitrogens is 4. The minimum atomic E-state index is -0.681. The number of carbonyl (C=O) groups excluding carboxylic acids is 1. The van der Waals surface area contributed by atoms with Crippen LogP contribution in [0.2, 0.25) is 0 Å². The molecule has 0 atom stereocenters. The normalized spacial score (nSPS) is 11.1. The van der Waals surface area contributed by atoms with Gasteiger partial charge in [0.1, 0.15) is 22.6 Å². The van der Waals surface area contributed by atoms with Crippen LogP contribution in [-0.4, -0.2) is 30.5 Å². The second-order valence-corrected chi connectivity index (χ2v) is 6.79. The fourth-order valence-electron chi connectivity index (χ4n) is 3.34. The molecule has 4 aromatic rings. The molecule has 146 valence electrons. The number of phenolic OH excluding ortho intramolecular Hbond substituents is 1. The minimum Gasteiger partial charge on any atom is -0.508 e. The first-order chi connectivity index (χ1) is 14.0. The molecular formula is C21H20N6O2. The zero-order valence-electron chi connectivity index (χ0n) is 15.8. The van der Waals surface area contributed by atoms with Gasteiger partial charge in [-0.1, -0.05) is 12.1 Å². The zero-order valence-corrected chi connectivity index (χ0v) is 15.8. The second kappa shape index (κ2) is 7.23. The predicted octanol–water partition coefficient (Wildman–Crippen LogP) is 2.30. The zero-order chi connectivity index (χ0) is 20.5. The number of aromatic hydroxyl groups is 1. The molecule has 5 N–H and O–H groups in total. The van der Waals surface area contributed by atoms with Gasteiger partial charge in [-0.25, -0.2) is 4.98 Å². The summed E-state index contributed by atoms with van der Waals surface area (Å²) in [5.74, 6) is -0.464. The second-order valence-electron chi connectivity index (χ2n) is 6.79. The Morgan fingerprint density at radius 1 is 1.14 bits per heavy atom. The van der Waals surface area contributed by atoms with E-state index in [1.165, 1.54) is 0 Å². The summed E-state index contributed by atoms with van der Waals surface area (Å²) in [6, 6.07) is 10.7. The summed E-state index contributed by atoms with van der Waals surface area (Å²) in [6.45, 7) is 1.88. The molecule has 0 saturated heterocycles. The molecule has 3 heterocycles. The average Bonchev–Trinajstić information content (AvgIpc) is 3.00. The highest BCUT2D eigenvalue weighted by molar-refractivity contribution is 6.09. The van der Waals surface area contributed by atoms with Crippen LogP contribution in [0.3, 0.4) is 0 Å². The van der Waals surface area contributed by atoms with Crippen LogP contribution in [0.15, 0.2) is 48.8 Å². The largest absolute Gasteiger partial charge is 0.508 e. The molecule has 1 amide bonds. The molecule has 8 nitrogen and oxygen atoms in total. The van der Waals surface area contributed by atoms with Crippen LogP contribution in [0, 0.1) is 6.92 Å². The number of nitrogens with two attached hydrogens (primary N) is 2. The summed E-state index contributed by atoms with van der Waals surface area (Å²) in [5, 5.41) is 9.95. The molecular weight excluding hydrogens is 368 g/mol. The van der Waals surface area contributed by atoms with Crippen LogP contribution in [0.5, 0.6) is 5.75 Å². The lowest BCUT2D eigenvalue weighted by atomic mass is 10.2. The molecule has 0 bridgehead atoms. The number of fused-ring (bicyclic) bond motifs is 1. The highest BCUT2D eigenvalue weighted by Crippen LogP contribution is 2.32. The number of hydrogen-bond donors (Lipinski definition) is 3. The van der Waals surface area contributed by atoms with E-state index in [0.29, 0.717) is 29.7 Å². The topological polar surface area (TPSA) is 133 Å². The molecule has 4 rings (SSSR count). The highest BCUT2D eigenvalue weighted by atomic mass is 16.3. The number of nitrogens with zero attached hydrogens (tertiary/aromatic N) is 4. The lowest BCUT2D eigenvalue weighted by molar-refractivity contribution is 0.100. The van der Waals surface area contributed by atoms with Gasteiger partial charge in [0.25, 0.3) is 5.91 Å². The number of anilines is 1. The van der Waals surface area contributed by atoms with Crippen molar-refractivity contribution in [3.05, 3.63) is 71.3 Å². The van der Waals surface area contributed by atoms with Gasteiger partial charge in [0, 0.05) is 24.2 Å². The molecule has 0 unspecified atom stereocenters. The van der Waals surface area contributed by atoms with E-state index in [-0.39, 0.29) is 17.1 Å². The summed E-state index contributed by atoms with van der Waals surface area (Å²) < 4.78 is 1.61. The van der Waals surface area contributed by atoms with Crippen LogP contribution in [0.1, 0.15) is 27.3 Å². The third-order valence-electron chi connectivity index (χ3n) is 4.79. The maximum atomic E-state index is 12.0. The molecule has 8 heteroatoms. The Morgan fingerprint density at radius 2 is 1.93 bits per heavy atom. The Kier molecular flexibility index (Phi) is 4.59. The first-order valence-electron chi connectivity index (χ1n) is 9.11. The SMILES string of the molecule is Cc1ccc(O)cc1-n1c(N)c(C(N)=O)c2ncc(CCc3ccccn3)nc21. The summed E-state index contributed by atoms with van der Waals surface area (Å²) in [7, 11) is 0. The lowest BCUT2D eigenvalue weighted by Crippen LogP contribution is -2.14.